The van der Waals surface area contributed by atoms with Crippen LogP contribution in [0.2, 0.25) is 0 Å². The highest BCUT2D eigenvalue weighted by Crippen LogP contribution is 2.58. The van der Waals surface area contributed by atoms with Gasteiger partial charge in [-0.05, 0) is 58.9 Å². The molecule has 2 heteroatoms. The molecule has 0 bridgehead atoms. The van der Waals surface area contributed by atoms with Gasteiger partial charge in [0.15, 0.2) is 0 Å². The summed E-state index contributed by atoms with van der Waals surface area (Å²) in [4.78, 5) is 0. The Bertz CT molecular complexity index is 407. The van der Waals surface area contributed by atoms with Crippen LogP contribution in [-0.2, 0) is 0 Å². The first kappa shape index (κ1) is 15.0. The molecule has 0 aromatic heterocycles. The second kappa shape index (κ2) is 6.06. The predicted molar refractivity (Wildman–Crippen MR) is 95.9 cm³/mol. The smallest absolute Gasteiger partial charge is 0.0158 e. The summed E-state index contributed by atoms with van der Waals surface area (Å²) in [5.74, 6) is 0. The van der Waals surface area contributed by atoms with E-state index < -0.39 is 0 Å². The van der Waals surface area contributed by atoms with Crippen molar-refractivity contribution in [3.8, 4) is 0 Å². The third kappa shape index (κ3) is 2.60. The molecular formula is C18H28P2. The summed E-state index contributed by atoms with van der Waals surface area (Å²) in [7, 11) is 0.157. The Balaban J connectivity index is 2.00. The quantitative estimate of drug-likeness (QED) is 0.671. The second-order valence-electron chi connectivity index (χ2n) is 6.85. The third-order valence-electron chi connectivity index (χ3n) is 5.34. The molecule has 1 aromatic rings. The minimum absolute atomic E-state index is 0.0785. The van der Waals surface area contributed by atoms with E-state index in [0.29, 0.717) is 0 Å². The standard InChI is InChI=1S/C18H28P2/c1-13-9-10-14(2)19(13)17-7-5-6-8-18(17)20-15(3)11-12-16(20)4/h5-8,13-16H,9-12H2,1-4H3/t13-,14?,15-,16?,19?,20?/m1/s1. The van der Waals surface area contributed by atoms with Gasteiger partial charge in [0, 0.05) is 0 Å². The lowest BCUT2D eigenvalue weighted by molar-refractivity contribution is 0.777. The lowest BCUT2D eigenvalue weighted by Crippen LogP contribution is -2.28. The van der Waals surface area contributed by atoms with Gasteiger partial charge in [-0.25, -0.2) is 0 Å². The molecule has 0 amide bonds. The molecular weight excluding hydrogens is 278 g/mol. The van der Waals surface area contributed by atoms with E-state index in [-0.39, 0.29) is 15.8 Å². The van der Waals surface area contributed by atoms with Gasteiger partial charge in [0.2, 0.25) is 0 Å². The van der Waals surface area contributed by atoms with E-state index in [1.165, 1.54) is 25.7 Å². The third-order valence-corrected chi connectivity index (χ3v) is 12.2. The van der Waals surface area contributed by atoms with Crippen LogP contribution in [0.4, 0.5) is 0 Å². The van der Waals surface area contributed by atoms with Crippen LogP contribution in [-0.4, -0.2) is 22.6 Å². The molecule has 0 radical (unpaired) electrons. The highest BCUT2D eigenvalue weighted by molar-refractivity contribution is 7.73. The molecule has 2 saturated heterocycles. The second-order valence-corrected chi connectivity index (χ2v) is 13.0. The Kier molecular flexibility index (Phi) is 4.54. The van der Waals surface area contributed by atoms with Crippen LogP contribution in [0, 0.1) is 0 Å². The molecule has 0 N–H and O–H groups in total. The van der Waals surface area contributed by atoms with Crippen molar-refractivity contribution in [3.63, 3.8) is 0 Å². The fraction of sp³-hybridized carbons (Fsp3) is 0.667. The van der Waals surface area contributed by atoms with E-state index in [2.05, 4.69) is 52.0 Å². The van der Waals surface area contributed by atoms with Gasteiger partial charge < -0.3 is 0 Å². The van der Waals surface area contributed by atoms with Gasteiger partial charge >= 0.3 is 0 Å². The van der Waals surface area contributed by atoms with Gasteiger partial charge in [-0.3, -0.25) is 0 Å². The molecule has 20 heavy (non-hydrogen) atoms. The van der Waals surface area contributed by atoms with E-state index in [0.717, 1.165) is 22.6 Å². The molecule has 3 rings (SSSR count). The maximum Gasteiger partial charge on any atom is -0.0158 e. The first-order valence-electron chi connectivity index (χ1n) is 8.25. The topological polar surface area (TPSA) is 0 Å². The van der Waals surface area contributed by atoms with Crippen molar-refractivity contribution in [2.75, 3.05) is 0 Å². The summed E-state index contributed by atoms with van der Waals surface area (Å²) in [5.41, 5.74) is 3.74. The van der Waals surface area contributed by atoms with Crippen molar-refractivity contribution in [2.24, 2.45) is 0 Å². The summed E-state index contributed by atoms with van der Waals surface area (Å²) in [6.45, 7) is 10.0. The molecule has 0 aliphatic carbocycles. The number of hydrogen-bond donors (Lipinski definition) is 0. The Hall–Kier alpha value is 0.0800. The van der Waals surface area contributed by atoms with Crippen molar-refractivity contribution in [1.29, 1.82) is 0 Å². The van der Waals surface area contributed by atoms with Gasteiger partial charge in [-0.2, -0.15) is 0 Å². The Morgan fingerprint density at radius 2 is 0.950 bits per heavy atom. The fourth-order valence-corrected chi connectivity index (χ4v) is 11.5. The Labute approximate surface area is 127 Å². The summed E-state index contributed by atoms with van der Waals surface area (Å²) in [6, 6.07) is 9.55. The SMILES string of the molecule is CC1CC[C@@H](C)P1c1ccccc1P1C(C)CC[C@H]1C. The average Bonchev–Trinajstić information content (AvgIpc) is 2.93. The summed E-state index contributed by atoms with van der Waals surface area (Å²) in [6.07, 6.45) is 5.79. The molecule has 1 aromatic carbocycles. The number of benzene rings is 1. The van der Waals surface area contributed by atoms with Crippen LogP contribution in [0.5, 0.6) is 0 Å². The van der Waals surface area contributed by atoms with Gasteiger partial charge in [0.05, 0.1) is 0 Å². The van der Waals surface area contributed by atoms with Crippen LogP contribution in [0.3, 0.4) is 0 Å². The molecule has 2 aliphatic rings. The van der Waals surface area contributed by atoms with E-state index in [1.54, 1.807) is 10.6 Å². The first-order chi connectivity index (χ1) is 9.59. The zero-order valence-corrected chi connectivity index (χ0v) is 15.1. The van der Waals surface area contributed by atoms with Gasteiger partial charge in [0.1, 0.15) is 0 Å². The minimum atomic E-state index is 0.0785. The Morgan fingerprint density at radius 3 is 1.25 bits per heavy atom. The first-order valence-corrected chi connectivity index (χ1v) is 11.2. The molecule has 110 valence electrons. The van der Waals surface area contributed by atoms with Crippen LogP contribution in [0.15, 0.2) is 24.3 Å². The lowest BCUT2D eigenvalue weighted by Gasteiger charge is -2.30. The van der Waals surface area contributed by atoms with Crippen LogP contribution >= 0.6 is 15.8 Å². The van der Waals surface area contributed by atoms with E-state index in [9.17, 15) is 0 Å². The Morgan fingerprint density at radius 1 is 0.650 bits per heavy atom. The van der Waals surface area contributed by atoms with Crippen molar-refractivity contribution in [2.45, 2.75) is 76.0 Å². The molecule has 0 spiro atoms. The van der Waals surface area contributed by atoms with Crippen LogP contribution in [0.1, 0.15) is 53.4 Å². The average molecular weight is 306 g/mol. The maximum absolute atomic E-state index is 2.50. The van der Waals surface area contributed by atoms with Gasteiger partial charge in [-0.1, -0.05) is 67.8 Å². The highest BCUT2D eigenvalue weighted by atomic mass is 31.1. The lowest BCUT2D eigenvalue weighted by atomic mass is 10.2. The van der Waals surface area contributed by atoms with Crippen LogP contribution in [0.25, 0.3) is 0 Å². The molecule has 2 aliphatic heterocycles. The molecule has 0 nitrogen and oxygen atoms in total. The van der Waals surface area contributed by atoms with E-state index in [1.807, 2.05) is 0 Å². The molecule has 4 unspecified atom stereocenters. The van der Waals surface area contributed by atoms with Crippen molar-refractivity contribution in [3.05, 3.63) is 24.3 Å². The summed E-state index contributed by atoms with van der Waals surface area (Å²) >= 11 is 0. The van der Waals surface area contributed by atoms with Crippen molar-refractivity contribution >= 4 is 26.5 Å². The maximum atomic E-state index is 2.50. The largest absolute Gasteiger partial charge is 0.0688 e. The van der Waals surface area contributed by atoms with Crippen molar-refractivity contribution < 1.29 is 0 Å². The fourth-order valence-electron chi connectivity index (χ4n) is 4.24. The van der Waals surface area contributed by atoms with Crippen molar-refractivity contribution in [1.82, 2.24) is 0 Å². The summed E-state index contributed by atoms with van der Waals surface area (Å²) in [5, 5.41) is 3.57. The minimum Gasteiger partial charge on any atom is -0.0688 e. The summed E-state index contributed by atoms with van der Waals surface area (Å²) < 4.78 is 0. The van der Waals surface area contributed by atoms with E-state index in [4.69, 9.17) is 0 Å². The zero-order valence-electron chi connectivity index (χ0n) is 13.3. The molecule has 6 atom stereocenters. The van der Waals surface area contributed by atoms with Crippen LogP contribution < -0.4 is 10.6 Å². The number of hydrogen-bond acceptors (Lipinski definition) is 0. The predicted octanol–water partition coefficient (Wildman–Crippen LogP) is 5.04. The number of rotatable bonds is 2. The monoisotopic (exact) mass is 306 g/mol. The van der Waals surface area contributed by atoms with Gasteiger partial charge in [0.25, 0.3) is 0 Å². The molecule has 0 saturated carbocycles. The zero-order chi connectivity index (χ0) is 14.3. The highest BCUT2D eigenvalue weighted by Gasteiger charge is 2.37. The van der Waals surface area contributed by atoms with Gasteiger partial charge in [-0.15, -0.1) is 0 Å². The normalized spacial score (nSPS) is 41.2. The van der Waals surface area contributed by atoms with E-state index >= 15 is 0 Å². The molecule has 2 fully saturated rings. The molecule has 2 heterocycles.